The molecule has 1 saturated heterocycles. The van der Waals surface area contributed by atoms with Gasteiger partial charge in [-0.15, -0.1) is 0 Å². The Kier molecular flexibility index (Phi) is 6.46. The van der Waals surface area contributed by atoms with Gasteiger partial charge in [0.2, 0.25) is 0 Å². The summed E-state index contributed by atoms with van der Waals surface area (Å²) in [5.74, 6) is 0. The fraction of sp³-hybridized carbons (Fsp3) is 0.227. The summed E-state index contributed by atoms with van der Waals surface area (Å²) in [6.45, 7) is 3.55. The van der Waals surface area contributed by atoms with Gasteiger partial charge in [-0.25, -0.2) is 0 Å². The van der Waals surface area contributed by atoms with Crippen molar-refractivity contribution < 1.29 is 47.7 Å². The van der Waals surface area contributed by atoms with Gasteiger partial charge in [-0.1, -0.05) is 0 Å². The summed E-state index contributed by atoms with van der Waals surface area (Å²) in [6.07, 6.45) is 2.69. The summed E-state index contributed by atoms with van der Waals surface area (Å²) in [5.41, 5.74) is 5.95. The molecule has 5 rings (SSSR count). The molecule has 138 valence electrons. The Morgan fingerprint density at radius 2 is 1.61 bits per heavy atom. The second-order valence-electron chi connectivity index (χ2n) is 7.13. The molecule has 1 aromatic heterocycles. The zero-order chi connectivity index (χ0) is 18.8. The first-order valence-corrected chi connectivity index (χ1v) is 27.7. The first-order chi connectivity index (χ1) is 13.9. The predicted octanol–water partition coefficient (Wildman–Crippen LogP) is 3.49. The molecule has 0 amide bonds. The zero-order valence-corrected chi connectivity index (χ0v) is 24.0. The summed E-state index contributed by atoms with van der Waals surface area (Å²) in [6, 6.07) is 19.7. The van der Waals surface area contributed by atoms with Crippen LogP contribution in [0.25, 0.3) is 27.0 Å². The summed E-state index contributed by atoms with van der Waals surface area (Å²) < 4.78 is 3.93. The number of hydrogen-bond acceptors (Lipinski definition) is 3. The Bertz CT molecular complexity index is 1140. The van der Waals surface area contributed by atoms with Gasteiger partial charge in [0.05, 0.1) is 0 Å². The standard InChI is InChI=1S/C22H20N3.U.V.W/c1-17-15-23-21(19-7-3-2-4-8-19)22(24-17)20-11-9-18(10-12-20)16-25-13-5-6-14-25;;;/h1-4,7-12H,5-6,13-14,16H2;;;. The molecule has 0 unspecified atom stereocenters. The van der Waals surface area contributed by atoms with Gasteiger partial charge in [-0.2, -0.15) is 0 Å². The Morgan fingerprint density at radius 3 is 2.39 bits per heavy atom. The topological polar surface area (TPSA) is 29.0 Å². The molecule has 28 heavy (non-hydrogen) atoms. The summed E-state index contributed by atoms with van der Waals surface area (Å²) in [5, 5.41) is 1.26. The molecule has 3 nitrogen and oxygen atoms in total. The van der Waals surface area contributed by atoms with Crippen LogP contribution in [0, 0.1) is 26.5 Å². The first kappa shape index (κ1) is 19.6. The number of likely N-dealkylation sites (tertiary alicyclic amines) is 1. The molecule has 0 spiro atoms. The molecule has 6 heteroatoms. The van der Waals surface area contributed by atoms with Gasteiger partial charge in [0, 0.05) is 0 Å². The number of nitrogens with zero attached hydrogens (tertiary/aromatic N) is 3. The van der Waals surface area contributed by atoms with Crippen molar-refractivity contribution >= 4 is 4.47 Å². The molecular formula is C22H20N3UVW. The molecule has 0 atom stereocenters. The van der Waals surface area contributed by atoms with Gasteiger partial charge < -0.3 is 0 Å². The van der Waals surface area contributed by atoms with Crippen LogP contribution in [0.2, 0.25) is 0 Å². The zero-order valence-electron chi connectivity index (χ0n) is 15.5. The SMILES string of the molecule is [CH]1=c2nc(-c3ccc(CN4CCCC4)cc3)c(-c3ccccc3)n[c]2=[U][V]=[W]1. The maximum atomic E-state index is 5.21. The molecule has 1 fully saturated rings. The van der Waals surface area contributed by atoms with E-state index in [0.717, 1.165) is 25.9 Å². The molecular weight excluding hydrogens is 779 g/mol. The Morgan fingerprint density at radius 1 is 0.893 bits per heavy atom. The minimum atomic E-state index is -0.793. The van der Waals surface area contributed by atoms with E-state index in [-0.39, 0.29) is 15.6 Å². The Hall–Kier alpha value is -0.325. The van der Waals surface area contributed by atoms with Crippen LogP contribution in [0.5, 0.6) is 0 Å². The van der Waals surface area contributed by atoms with Gasteiger partial charge in [0.15, 0.2) is 0 Å². The average Bonchev–Trinajstić information content (AvgIpc) is 3.27. The van der Waals surface area contributed by atoms with Crippen molar-refractivity contribution in [1.29, 1.82) is 0 Å². The van der Waals surface area contributed by atoms with Gasteiger partial charge in [0.1, 0.15) is 0 Å². The fourth-order valence-corrected chi connectivity index (χ4v) is 41.8. The van der Waals surface area contributed by atoms with Crippen molar-refractivity contribution in [2.75, 3.05) is 13.1 Å². The van der Waals surface area contributed by atoms with Crippen molar-refractivity contribution in [2.45, 2.75) is 19.4 Å². The van der Waals surface area contributed by atoms with E-state index in [2.05, 4.69) is 64.0 Å². The normalized spacial score (nSPS) is 15.4. The van der Waals surface area contributed by atoms with Gasteiger partial charge >= 0.3 is 190 Å². The Labute approximate surface area is 187 Å². The van der Waals surface area contributed by atoms with Crippen LogP contribution in [0.15, 0.2) is 54.6 Å². The second kappa shape index (κ2) is 9.22. The van der Waals surface area contributed by atoms with Crippen LogP contribution < -0.4 is 5.35 Å². The van der Waals surface area contributed by atoms with Gasteiger partial charge in [-0.05, 0) is 0 Å². The quantitative estimate of drug-likeness (QED) is 0.406. The van der Waals surface area contributed by atoms with E-state index in [1.165, 1.54) is 50.3 Å². The van der Waals surface area contributed by atoms with Crippen molar-refractivity contribution in [3.63, 3.8) is 0 Å². The molecule has 3 aromatic rings. The third-order valence-electron chi connectivity index (χ3n) is 5.17. The molecule has 0 aliphatic carbocycles. The fourth-order valence-electron chi connectivity index (χ4n) is 3.72. The third kappa shape index (κ3) is 4.39. The van der Waals surface area contributed by atoms with Crippen LogP contribution in [0.4, 0.5) is 0 Å². The molecule has 3 heterocycles. The van der Waals surface area contributed by atoms with Crippen LogP contribution in [0.1, 0.15) is 18.4 Å². The van der Waals surface area contributed by atoms with E-state index < -0.39 is 24.2 Å². The number of aromatic nitrogens is 2. The molecule has 2 aliphatic rings. The van der Waals surface area contributed by atoms with Gasteiger partial charge in [-0.3, -0.25) is 0 Å². The number of rotatable bonds is 4. The predicted molar refractivity (Wildman–Crippen MR) is 100 cm³/mol. The number of benzene rings is 2. The molecule has 0 N–H and O–H groups in total. The maximum absolute atomic E-state index is 5.21. The summed E-state index contributed by atoms with van der Waals surface area (Å²) in [7, 11) is 0.721. The van der Waals surface area contributed by atoms with E-state index in [1.807, 2.05) is 0 Å². The Balaban J connectivity index is 1.57. The van der Waals surface area contributed by atoms with Crippen LogP contribution in [0.3, 0.4) is 0 Å². The molecule has 0 bridgehead atoms. The van der Waals surface area contributed by atoms with E-state index in [0.29, 0.717) is 0 Å². The molecule has 0 saturated carbocycles. The molecule has 0 radical (unpaired) electrons. The monoisotopic (exact) mass is 799 g/mol. The van der Waals surface area contributed by atoms with E-state index in [9.17, 15) is 0 Å². The summed E-state index contributed by atoms with van der Waals surface area (Å²) >= 11 is -0.973. The van der Waals surface area contributed by atoms with Crippen LogP contribution >= 0.6 is 0 Å². The number of hydrogen-bond donors (Lipinski definition) is 0. The second-order valence-corrected chi connectivity index (χ2v) is 46.2. The van der Waals surface area contributed by atoms with Crippen molar-refractivity contribution in [1.82, 2.24) is 14.9 Å². The van der Waals surface area contributed by atoms with E-state index in [4.69, 9.17) is 9.97 Å². The third-order valence-corrected chi connectivity index (χ3v) is 44.1. The number of fused-ring (bicyclic) bond motifs is 1. The summed E-state index contributed by atoms with van der Waals surface area (Å²) in [4.78, 5) is 12.9. The van der Waals surface area contributed by atoms with E-state index in [1.54, 1.807) is 0 Å². The van der Waals surface area contributed by atoms with Crippen molar-refractivity contribution in [3.05, 3.63) is 67.8 Å². The molecule has 2 aromatic carbocycles. The minimum absolute atomic E-state index is 0.181. The van der Waals surface area contributed by atoms with Gasteiger partial charge in [0.25, 0.3) is 0 Å². The average molecular weight is 799 g/mol. The first-order valence-electron chi connectivity index (χ1n) is 9.61. The van der Waals surface area contributed by atoms with Crippen molar-refractivity contribution in [3.8, 4) is 22.5 Å². The molecule has 2 aliphatic heterocycles. The van der Waals surface area contributed by atoms with E-state index >= 15 is 0 Å². The van der Waals surface area contributed by atoms with Crippen LogP contribution in [-0.4, -0.2) is 28.0 Å². The van der Waals surface area contributed by atoms with Crippen LogP contribution in [-0.2, 0) is 30.0 Å². The van der Waals surface area contributed by atoms with Crippen molar-refractivity contribution in [2.24, 2.45) is 0 Å².